The van der Waals surface area contributed by atoms with Crippen molar-refractivity contribution in [2.45, 2.75) is 58.2 Å². The number of alkyl halides is 3. The van der Waals surface area contributed by atoms with Gasteiger partial charge in [-0.2, -0.15) is 13.2 Å². The molecule has 3 aliphatic carbocycles. The van der Waals surface area contributed by atoms with Crippen molar-refractivity contribution < 1.29 is 23.1 Å². The van der Waals surface area contributed by atoms with Gasteiger partial charge in [0.25, 0.3) is 0 Å². The summed E-state index contributed by atoms with van der Waals surface area (Å²) in [7, 11) is 0. The Balaban J connectivity index is 1.84. The molecule has 0 saturated heterocycles. The molecule has 6 heteroatoms. The molecule has 0 radical (unpaired) electrons. The van der Waals surface area contributed by atoms with Crippen LogP contribution in [0.25, 0.3) is 5.57 Å². The van der Waals surface area contributed by atoms with Gasteiger partial charge in [0.05, 0.1) is 18.2 Å². The Kier molecular flexibility index (Phi) is 4.94. The number of aromatic nitrogens is 1. The number of ketones is 1. The quantitative estimate of drug-likeness (QED) is 0.727. The van der Waals surface area contributed by atoms with Gasteiger partial charge in [-0.25, -0.2) is 4.98 Å². The first-order valence-corrected chi connectivity index (χ1v) is 9.99. The first-order valence-electron chi connectivity index (χ1n) is 9.99. The van der Waals surface area contributed by atoms with Crippen LogP contribution >= 0.6 is 0 Å². The first-order chi connectivity index (χ1) is 13.3. The number of hydrogen-bond donors (Lipinski definition) is 1. The van der Waals surface area contributed by atoms with Gasteiger partial charge in [0.2, 0.25) is 0 Å². The Morgan fingerprint density at radius 1 is 1.25 bits per heavy atom. The minimum absolute atomic E-state index is 0.00536. The van der Waals surface area contributed by atoms with Crippen molar-refractivity contribution in [3.8, 4) is 0 Å². The number of aliphatic hydroxyl groups is 1. The Bertz CT molecular complexity index is 863. The average Bonchev–Trinajstić information content (AvgIpc) is 3.39. The highest BCUT2D eigenvalue weighted by Gasteiger charge is 2.47. The molecule has 3 aliphatic rings. The molecule has 150 valence electrons. The molecule has 4 rings (SSSR count). The van der Waals surface area contributed by atoms with E-state index in [1.165, 1.54) is 6.07 Å². The van der Waals surface area contributed by atoms with Gasteiger partial charge in [0.15, 0.2) is 0 Å². The number of fused-ring (bicyclic) bond motifs is 2. The van der Waals surface area contributed by atoms with Crippen LogP contribution in [0.15, 0.2) is 29.4 Å². The van der Waals surface area contributed by atoms with E-state index in [0.717, 1.165) is 61.3 Å². The van der Waals surface area contributed by atoms with Gasteiger partial charge in [0.1, 0.15) is 11.5 Å². The fourth-order valence-corrected chi connectivity index (χ4v) is 4.91. The highest BCUT2D eigenvalue weighted by atomic mass is 19.4. The molecule has 3 atom stereocenters. The zero-order valence-electron chi connectivity index (χ0n) is 15.9. The minimum atomic E-state index is -4.57. The number of carbonyl (C=O) groups excluding carboxylic acids is 1. The van der Waals surface area contributed by atoms with Crippen molar-refractivity contribution in [1.82, 2.24) is 4.98 Å². The summed E-state index contributed by atoms with van der Waals surface area (Å²) >= 11 is 0. The molecular weight excluding hydrogens is 367 g/mol. The van der Waals surface area contributed by atoms with Crippen molar-refractivity contribution >= 4 is 11.4 Å². The van der Waals surface area contributed by atoms with Crippen LogP contribution in [0.1, 0.15) is 62.4 Å². The minimum Gasteiger partial charge on any atom is -0.390 e. The monoisotopic (exact) mass is 391 g/mol. The lowest BCUT2D eigenvalue weighted by Crippen LogP contribution is -2.31. The molecule has 28 heavy (non-hydrogen) atoms. The first kappa shape index (κ1) is 19.4. The smallest absolute Gasteiger partial charge is 0.390 e. The second-order valence-corrected chi connectivity index (χ2v) is 8.02. The highest BCUT2D eigenvalue weighted by Crippen LogP contribution is 2.53. The maximum atomic E-state index is 13.3. The van der Waals surface area contributed by atoms with Gasteiger partial charge in [-0.1, -0.05) is 30.2 Å². The molecule has 0 aromatic carbocycles. The molecule has 0 amide bonds. The van der Waals surface area contributed by atoms with Gasteiger partial charge in [-0.3, -0.25) is 4.79 Å². The van der Waals surface area contributed by atoms with Crippen LogP contribution in [0.2, 0.25) is 0 Å². The van der Waals surface area contributed by atoms with E-state index < -0.39 is 24.4 Å². The van der Waals surface area contributed by atoms with E-state index in [0.29, 0.717) is 11.5 Å². The molecular formula is C22H24F3NO2. The topological polar surface area (TPSA) is 50.2 Å². The molecule has 1 aromatic rings. The van der Waals surface area contributed by atoms with E-state index in [9.17, 15) is 23.1 Å². The maximum absolute atomic E-state index is 13.3. The van der Waals surface area contributed by atoms with Crippen LogP contribution in [0.4, 0.5) is 13.2 Å². The van der Waals surface area contributed by atoms with Gasteiger partial charge < -0.3 is 5.11 Å². The van der Waals surface area contributed by atoms with Crippen LogP contribution in [0.5, 0.6) is 0 Å². The third-order valence-corrected chi connectivity index (χ3v) is 6.24. The van der Waals surface area contributed by atoms with Crippen LogP contribution in [-0.2, 0) is 17.6 Å². The molecule has 0 aliphatic heterocycles. The van der Waals surface area contributed by atoms with Crippen molar-refractivity contribution in [2.24, 2.45) is 17.8 Å². The summed E-state index contributed by atoms with van der Waals surface area (Å²) in [6.45, 7) is 1.45. The van der Waals surface area contributed by atoms with Crippen molar-refractivity contribution in [2.75, 3.05) is 0 Å². The Hall–Kier alpha value is -1.95. The fourth-order valence-electron chi connectivity index (χ4n) is 4.91. The van der Waals surface area contributed by atoms with Crippen LogP contribution in [-0.4, -0.2) is 15.9 Å². The van der Waals surface area contributed by atoms with Crippen LogP contribution < -0.4 is 0 Å². The molecule has 3 unspecified atom stereocenters. The van der Waals surface area contributed by atoms with Gasteiger partial charge in [-0.15, -0.1) is 0 Å². The second-order valence-electron chi connectivity index (χ2n) is 8.02. The Labute approximate surface area is 162 Å². The molecule has 2 bridgehead atoms. The van der Waals surface area contributed by atoms with E-state index in [2.05, 4.69) is 11.1 Å². The predicted octanol–water partition coefficient (Wildman–Crippen LogP) is 5.09. The Morgan fingerprint density at radius 3 is 2.57 bits per heavy atom. The summed E-state index contributed by atoms with van der Waals surface area (Å²) in [5, 5.41) is 9.76. The fraction of sp³-hybridized carbons (Fsp3) is 0.545. The molecule has 1 aromatic heterocycles. The number of pyridine rings is 1. The zero-order chi connectivity index (χ0) is 20.1. The van der Waals surface area contributed by atoms with Crippen LogP contribution in [0, 0.1) is 17.8 Å². The molecule has 0 spiro atoms. The third kappa shape index (κ3) is 3.32. The predicted molar refractivity (Wildman–Crippen MR) is 99.0 cm³/mol. The molecule has 3 saturated carbocycles. The van der Waals surface area contributed by atoms with E-state index >= 15 is 0 Å². The van der Waals surface area contributed by atoms with E-state index in [4.69, 9.17) is 0 Å². The molecule has 3 nitrogen and oxygen atoms in total. The van der Waals surface area contributed by atoms with E-state index in [1.807, 2.05) is 6.92 Å². The van der Waals surface area contributed by atoms with Crippen molar-refractivity contribution in [3.63, 3.8) is 0 Å². The number of rotatable bonds is 4. The van der Waals surface area contributed by atoms with Gasteiger partial charge >= 0.3 is 6.18 Å². The number of hydrogen-bond acceptors (Lipinski definition) is 3. The van der Waals surface area contributed by atoms with Gasteiger partial charge in [0, 0.05) is 11.5 Å². The number of nitrogens with zero attached hydrogens (tertiary/aromatic N) is 1. The number of carbonyl (C=O) groups is 1. The summed E-state index contributed by atoms with van der Waals surface area (Å²) in [5.74, 6) is 0.208. The lowest BCUT2D eigenvalue weighted by atomic mass is 9.70. The van der Waals surface area contributed by atoms with E-state index in [1.54, 1.807) is 0 Å². The normalized spacial score (nSPS) is 28.2. The van der Waals surface area contributed by atoms with Crippen LogP contribution in [0.3, 0.4) is 0 Å². The summed E-state index contributed by atoms with van der Waals surface area (Å²) in [5.41, 5.74) is 2.54. The summed E-state index contributed by atoms with van der Waals surface area (Å²) in [6.07, 6.45) is 2.86. The number of Topliss-reactive ketones (excluding diaryl/α,β-unsaturated/α-hetero) is 1. The number of halogens is 3. The third-order valence-electron chi connectivity index (χ3n) is 6.24. The Morgan fingerprint density at radius 2 is 1.96 bits per heavy atom. The lowest BCUT2D eigenvalue weighted by Gasteiger charge is -2.33. The van der Waals surface area contributed by atoms with Crippen molar-refractivity contribution in [1.29, 1.82) is 0 Å². The molecule has 3 fully saturated rings. The summed E-state index contributed by atoms with van der Waals surface area (Å²) < 4.78 is 39.2. The SMILES string of the molecule is CC/C=C1\C2CCC(C2)C(=O)C1C(=C1CC1)c1ccc(C(F)(F)F)nc1CO. The standard InChI is InChI=1S/C22H24F3NO2/c1-2-3-15-13-6-7-14(10-13)21(28)20(15)19(12-4-5-12)16-8-9-18(22(23,24)25)26-17(16)11-27/h3,8-9,13-14,20,27H,2,4-7,10-11H2,1H3/b15-3+. The molecule has 1 heterocycles. The van der Waals surface area contributed by atoms with Gasteiger partial charge in [-0.05, 0) is 56.1 Å². The van der Waals surface area contributed by atoms with E-state index in [-0.39, 0.29) is 17.4 Å². The highest BCUT2D eigenvalue weighted by molar-refractivity contribution is 6.00. The molecule has 1 N–H and O–H groups in total. The maximum Gasteiger partial charge on any atom is 0.433 e. The number of aliphatic hydroxyl groups excluding tert-OH is 1. The second kappa shape index (κ2) is 7.14. The number of allylic oxidation sites excluding steroid dienone is 4. The van der Waals surface area contributed by atoms with Crippen molar-refractivity contribution in [3.05, 3.63) is 46.3 Å². The lowest BCUT2D eigenvalue weighted by molar-refractivity contribution is -0.141. The largest absolute Gasteiger partial charge is 0.433 e. The average molecular weight is 391 g/mol. The summed E-state index contributed by atoms with van der Waals surface area (Å²) in [6, 6.07) is 2.36. The summed E-state index contributed by atoms with van der Waals surface area (Å²) in [4.78, 5) is 17.0. The zero-order valence-corrected chi connectivity index (χ0v) is 15.9.